The summed E-state index contributed by atoms with van der Waals surface area (Å²) in [6.45, 7) is 6.63. The average Bonchev–Trinajstić information content (AvgIpc) is 2.86. The summed E-state index contributed by atoms with van der Waals surface area (Å²) in [5.74, 6) is 0.746. The fourth-order valence-electron chi connectivity index (χ4n) is 2.78. The van der Waals surface area contributed by atoms with Gasteiger partial charge in [0.25, 0.3) is 0 Å². The molecule has 0 saturated heterocycles. The molecule has 0 bridgehead atoms. The number of nitrogens with one attached hydrogen (secondary N) is 2. The minimum atomic E-state index is -0.0439. The van der Waals surface area contributed by atoms with Crippen molar-refractivity contribution in [3.8, 4) is 0 Å². The van der Waals surface area contributed by atoms with Crippen LogP contribution in [0.15, 0.2) is 18.5 Å². The number of aliphatic hydroxyl groups is 1. The minimum Gasteiger partial charge on any atom is -0.393 e. The molecule has 3 heteroatoms. The van der Waals surface area contributed by atoms with Gasteiger partial charge in [0.15, 0.2) is 0 Å². The first-order valence-corrected chi connectivity index (χ1v) is 7.10. The van der Waals surface area contributed by atoms with Crippen LogP contribution in [0.4, 0.5) is 0 Å². The summed E-state index contributed by atoms with van der Waals surface area (Å²) in [6, 6.07) is 2.15. The Bertz CT molecular complexity index is 337. The van der Waals surface area contributed by atoms with E-state index in [0.717, 1.165) is 31.8 Å². The lowest BCUT2D eigenvalue weighted by molar-refractivity contribution is 0.108. The van der Waals surface area contributed by atoms with E-state index in [0.29, 0.717) is 0 Å². The van der Waals surface area contributed by atoms with Crippen LogP contribution in [0.2, 0.25) is 0 Å². The Kier molecular flexibility index (Phi) is 4.46. The van der Waals surface area contributed by atoms with Crippen LogP contribution in [0, 0.1) is 5.92 Å². The quantitative estimate of drug-likeness (QED) is 0.751. The molecule has 1 aliphatic rings. The van der Waals surface area contributed by atoms with E-state index in [9.17, 15) is 5.11 Å². The molecule has 0 aliphatic heterocycles. The normalized spacial score (nSPS) is 25.3. The summed E-state index contributed by atoms with van der Waals surface area (Å²) in [6.07, 6.45) is 8.31. The molecule has 102 valence electrons. The van der Waals surface area contributed by atoms with Crippen molar-refractivity contribution < 1.29 is 5.11 Å². The molecule has 1 fully saturated rings. The number of aliphatic hydroxyl groups excluding tert-OH is 1. The lowest BCUT2D eigenvalue weighted by Crippen LogP contribution is -2.36. The third-order valence-electron chi connectivity index (χ3n) is 4.20. The van der Waals surface area contributed by atoms with E-state index in [4.69, 9.17) is 0 Å². The zero-order valence-electron chi connectivity index (χ0n) is 11.6. The molecular formula is C15H26N2O. The summed E-state index contributed by atoms with van der Waals surface area (Å²) in [7, 11) is 0. The van der Waals surface area contributed by atoms with Gasteiger partial charge in [-0.15, -0.1) is 0 Å². The van der Waals surface area contributed by atoms with Crippen LogP contribution >= 0.6 is 0 Å². The highest BCUT2D eigenvalue weighted by atomic mass is 16.3. The lowest BCUT2D eigenvalue weighted by Gasteiger charge is -2.28. The second-order valence-corrected chi connectivity index (χ2v) is 6.29. The fourth-order valence-corrected chi connectivity index (χ4v) is 2.78. The number of hydrogen-bond acceptors (Lipinski definition) is 2. The van der Waals surface area contributed by atoms with E-state index in [2.05, 4.69) is 36.4 Å². The molecule has 0 unspecified atom stereocenters. The second-order valence-electron chi connectivity index (χ2n) is 6.29. The van der Waals surface area contributed by atoms with Crippen molar-refractivity contribution in [3.05, 3.63) is 24.0 Å². The molecule has 3 nitrogen and oxygen atoms in total. The standard InChI is InChI=1S/C15H26N2O/c1-15(2,13-7-8-16-10-13)11-17-9-12-3-5-14(18)6-4-12/h7-8,10,12,14,16-18H,3-6,9,11H2,1-2H3. The van der Waals surface area contributed by atoms with Gasteiger partial charge < -0.3 is 15.4 Å². The first-order valence-electron chi connectivity index (χ1n) is 7.10. The molecule has 1 saturated carbocycles. The summed E-state index contributed by atoms with van der Waals surface area (Å²) in [4.78, 5) is 3.12. The average molecular weight is 250 g/mol. The van der Waals surface area contributed by atoms with Crippen LogP contribution in [-0.4, -0.2) is 29.3 Å². The van der Waals surface area contributed by atoms with Crippen LogP contribution in [0.25, 0.3) is 0 Å². The number of hydrogen-bond donors (Lipinski definition) is 3. The predicted octanol–water partition coefficient (Wildman–Crippen LogP) is 2.43. The first-order chi connectivity index (χ1) is 8.58. The Morgan fingerprint density at radius 3 is 2.67 bits per heavy atom. The van der Waals surface area contributed by atoms with Crippen molar-refractivity contribution in [2.75, 3.05) is 13.1 Å². The zero-order valence-corrected chi connectivity index (χ0v) is 11.6. The molecule has 18 heavy (non-hydrogen) atoms. The third kappa shape index (κ3) is 3.59. The summed E-state index contributed by atoms with van der Waals surface area (Å²) >= 11 is 0. The van der Waals surface area contributed by atoms with Crippen molar-refractivity contribution in [2.24, 2.45) is 5.92 Å². The molecule has 2 rings (SSSR count). The molecule has 0 aromatic carbocycles. The molecule has 1 heterocycles. The second kappa shape index (κ2) is 5.89. The Balaban J connectivity index is 1.72. The predicted molar refractivity (Wildman–Crippen MR) is 74.7 cm³/mol. The van der Waals surface area contributed by atoms with Crippen molar-refractivity contribution >= 4 is 0 Å². The summed E-state index contributed by atoms with van der Waals surface area (Å²) < 4.78 is 0. The molecule has 3 N–H and O–H groups in total. The Morgan fingerprint density at radius 2 is 2.06 bits per heavy atom. The molecule has 1 aliphatic carbocycles. The van der Waals surface area contributed by atoms with E-state index in [-0.39, 0.29) is 11.5 Å². The largest absolute Gasteiger partial charge is 0.393 e. The van der Waals surface area contributed by atoms with E-state index in [1.165, 1.54) is 18.4 Å². The van der Waals surface area contributed by atoms with Gasteiger partial charge in [-0.05, 0) is 49.8 Å². The molecule has 1 aromatic rings. The molecule has 1 aromatic heterocycles. The Labute approximate surface area is 110 Å². The maximum atomic E-state index is 9.48. The first kappa shape index (κ1) is 13.6. The van der Waals surface area contributed by atoms with Crippen molar-refractivity contribution in [1.29, 1.82) is 0 Å². The van der Waals surface area contributed by atoms with Crippen LogP contribution in [0.3, 0.4) is 0 Å². The monoisotopic (exact) mass is 250 g/mol. The highest BCUT2D eigenvalue weighted by Crippen LogP contribution is 2.25. The van der Waals surface area contributed by atoms with Gasteiger partial charge in [0.05, 0.1) is 6.10 Å². The van der Waals surface area contributed by atoms with Crippen LogP contribution in [0.5, 0.6) is 0 Å². The Morgan fingerprint density at radius 1 is 1.33 bits per heavy atom. The molecule has 0 spiro atoms. The van der Waals surface area contributed by atoms with Crippen molar-refractivity contribution in [3.63, 3.8) is 0 Å². The number of H-pyrrole nitrogens is 1. The van der Waals surface area contributed by atoms with E-state index >= 15 is 0 Å². The van der Waals surface area contributed by atoms with Gasteiger partial charge in [0.1, 0.15) is 0 Å². The van der Waals surface area contributed by atoms with Gasteiger partial charge >= 0.3 is 0 Å². The van der Waals surface area contributed by atoms with Crippen molar-refractivity contribution in [2.45, 2.75) is 51.0 Å². The van der Waals surface area contributed by atoms with Gasteiger partial charge in [-0.3, -0.25) is 0 Å². The maximum Gasteiger partial charge on any atom is 0.0540 e. The number of aromatic nitrogens is 1. The summed E-state index contributed by atoms with van der Waals surface area (Å²) in [5.41, 5.74) is 1.53. The van der Waals surface area contributed by atoms with Crippen LogP contribution in [0.1, 0.15) is 45.1 Å². The fraction of sp³-hybridized carbons (Fsp3) is 0.733. The molecule has 0 atom stereocenters. The van der Waals surface area contributed by atoms with Gasteiger partial charge in [0.2, 0.25) is 0 Å². The number of rotatable bonds is 5. The lowest BCUT2D eigenvalue weighted by atomic mass is 9.85. The highest BCUT2D eigenvalue weighted by Gasteiger charge is 2.22. The van der Waals surface area contributed by atoms with Crippen molar-refractivity contribution in [1.82, 2.24) is 10.3 Å². The number of aromatic amines is 1. The van der Waals surface area contributed by atoms with Crippen LogP contribution in [-0.2, 0) is 5.41 Å². The van der Waals surface area contributed by atoms with E-state index in [1.807, 2.05) is 6.20 Å². The van der Waals surface area contributed by atoms with Gasteiger partial charge in [-0.25, -0.2) is 0 Å². The molecular weight excluding hydrogens is 224 g/mol. The van der Waals surface area contributed by atoms with E-state index < -0.39 is 0 Å². The molecule has 0 amide bonds. The topological polar surface area (TPSA) is 48.0 Å². The highest BCUT2D eigenvalue weighted by molar-refractivity contribution is 5.20. The maximum absolute atomic E-state index is 9.48. The SMILES string of the molecule is CC(C)(CNCC1CCC(O)CC1)c1cc[nH]c1. The summed E-state index contributed by atoms with van der Waals surface area (Å²) in [5, 5.41) is 13.1. The molecule has 0 radical (unpaired) electrons. The van der Waals surface area contributed by atoms with Gasteiger partial charge in [0, 0.05) is 24.4 Å². The third-order valence-corrected chi connectivity index (χ3v) is 4.20. The smallest absolute Gasteiger partial charge is 0.0540 e. The minimum absolute atomic E-state index is 0.0439. The van der Waals surface area contributed by atoms with Gasteiger partial charge in [-0.2, -0.15) is 0 Å². The zero-order chi connectivity index (χ0) is 13.0. The van der Waals surface area contributed by atoms with E-state index in [1.54, 1.807) is 0 Å². The van der Waals surface area contributed by atoms with Gasteiger partial charge in [-0.1, -0.05) is 13.8 Å². The Hall–Kier alpha value is -0.800. The van der Waals surface area contributed by atoms with Crippen LogP contribution < -0.4 is 5.32 Å².